The Balaban J connectivity index is 0.00000392. The first-order chi connectivity index (χ1) is 12.8. The second-order valence-corrected chi connectivity index (χ2v) is 7.71. The number of rotatable bonds is 8. The Morgan fingerprint density at radius 2 is 1.96 bits per heavy atom. The van der Waals surface area contributed by atoms with Crippen molar-refractivity contribution < 1.29 is 18.7 Å². The molecule has 0 unspecified atom stereocenters. The number of hydrogen-bond acceptors (Lipinski definition) is 4. The zero-order valence-electron chi connectivity index (χ0n) is 16.8. The summed E-state index contributed by atoms with van der Waals surface area (Å²) in [7, 11) is 1.66. The zero-order chi connectivity index (χ0) is 19.9. The van der Waals surface area contributed by atoms with Gasteiger partial charge in [0.25, 0.3) is 5.91 Å². The summed E-state index contributed by atoms with van der Waals surface area (Å²) >= 11 is 0. The van der Waals surface area contributed by atoms with Gasteiger partial charge < -0.3 is 20.7 Å². The van der Waals surface area contributed by atoms with E-state index in [-0.39, 0.29) is 46.8 Å². The minimum atomic E-state index is -0.617. The van der Waals surface area contributed by atoms with Gasteiger partial charge >= 0.3 is 0 Å². The van der Waals surface area contributed by atoms with E-state index in [4.69, 9.17) is 4.74 Å². The Morgan fingerprint density at radius 3 is 2.54 bits per heavy atom. The summed E-state index contributed by atoms with van der Waals surface area (Å²) in [4.78, 5) is 24.2. The van der Waals surface area contributed by atoms with E-state index in [0.29, 0.717) is 19.6 Å². The van der Waals surface area contributed by atoms with E-state index >= 15 is 0 Å². The number of ether oxygens (including phenoxy) is 1. The van der Waals surface area contributed by atoms with Gasteiger partial charge in [0.05, 0.1) is 12.3 Å². The Morgan fingerprint density at radius 1 is 1.29 bits per heavy atom. The lowest BCUT2D eigenvalue weighted by molar-refractivity contribution is -0.116. The average Bonchev–Trinajstić information content (AvgIpc) is 2.62. The molecule has 1 heterocycles. The second kappa shape index (κ2) is 11.3. The first-order valence-electron chi connectivity index (χ1n) is 9.42. The van der Waals surface area contributed by atoms with E-state index in [9.17, 15) is 14.0 Å². The fourth-order valence-electron chi connectivity index (χ4n) is 3.34. The molecule has 1 aromatic carbocycles. The van der Waals surface area contributed by atoms with Crippen molar-refractivity contribution >= 4 is 29.9 Å². The van der Waals surface area contributed by atoms with Crippen LogP contribution in [0.2, 0.25) is 0 Å². The van der Waals surface area contributed by atoms with Gasteiger partial charge in [-0.15, -0.1) is 12.4 Å². The lowest BCUT2D eigenvalue weighted by Gasteiger charge is -2.37. The topological polar surface area (TPSA) is 79.5 Å². The quantitative estimate of drug-likeness (QED) is 0.609. The van der Waals surface area contributed by atoms with Crippen molar-refractivity contribution in [2.75, 3.05) is 38.7 Å². The molecule has 0 saturated carbocycles. The molecule has 0 atom stereocenters. The van der Waals surface area contributed by atoms with E-state index in [0.717, 1.165) is 32.0 Å². The van der Waals surface area contributed by atoms with Gasteiger partial charge in [-0.2, -0.15) is 0 Å². The lowest BCUT2D eigenvalue weighted by Crippen LogP contribution is -2.47. The standard InChI is InChI=1S/C20H30FN3O3.ClH/c1-14(2)10-18(25)24-17-5-4-15(11-16(17)21)19(26)23-12-20(13-27-3)6-8-22-9-7-20;/h4-5,11,14,22H,6-10,12-13H2,1-3H3,(H,23,26)(H,24,25);1H. The van der Waals surface area contributed by atoms with E-state index in [1.807, 2.05) is 13.8 Å². The summed E-state index contributed by atoms with van der Waals surface area (Å²) in [5, 5.41) is 8.76. The number of benzene rings is 1. The number of halogens is 2. The van der Waals surface area contributed by atoms with E-state index in [1.54, 1.807) is 7.11 Å². The van der Waals surface area contributed by atoms with Gasteiger partial charge in [-0.1, -0.05) is 13.8 Å². The van der Waals surface area contributed by atoms with Crippen molar-refractivity contribution in [2.45, 2.75) is 33.1 Å². The van der Waals surface area contributed by atoms with Gasteiger partial charge in [0.1, 0.15) is 5.82 Å². The molecule has 0 aliphatic carbocycles. The van der Waals surface area contributed by atoms with Crippen LogP contribution in [-0.4, -0.2) is 45.2 Å². The fourth-order valence-corrected chi connectivity index (χ4v) is 3.34. The molecule has 8 heteroatoms. The normalized spacial score (nSPS) is 15.6. The summed E-state index contributed by atoms with van der Waals surface area (Å²) < 4.78 is 19.6. The van der Waals surface area contributed by atoms with Gasteiger partial charge in [0, 0.05) is 31.1 Å². The van der Waals surface area contributed by atoms with Crippen LogP contribution in [0, 0.1) is 17.2 Å². The average molecular weight is 416 g/mol. The molecule has 1 aliphatic heterocycles. The van der Waals surface area contributed by atoms with Crippen LogP contribution in [0.25, 0.3) is 0 Å². The van der Waals surface area contributed by atoms with Gasteiger partial charge in [-0.25, -0.2) is 4.39 Å². The van der Waals surface area contributed by atoms with Crippen LogP contribution in [0.5, 0.6) is 0 Å². The van der Waals surface area contributed by atoms with Crippen molar-refractivity contribution in [1.82, 2.24) is 10.6 Å². The van der Waals surface area contributed by atoms with Crippen LogP contribution < -0.4 is 16.0 Å². The number of anilines is 1. The molecule has 2 amide bonds. The maximum atomic E-state index is 14.3. The monoisotopic (exact) mass is 415 g/mol. The SMILES string of the molecule is COCC1(CNC(=O)c2ccc(NC(=O)CC(C)C)c(F)c2)CCNCC1.Cl. The molecule has 1 aromatic rings. The number of carbonyl (C=O) groups excluding carboxylic acids is 2. The Kier molecular flexibility index (Phi) is 9.85. The van der Waals surface area contributed by atoms with Crippen LogP contribution in [0.3, 0.4) is 0 Å². The Labute approximate surface area is 172 Å². The third kappa shape index (κ3) is 7.04. The minimum absolute atomic E-state index is 0. The highest BCUT2D eigenvalue weighted by molar-refractivity contribution is 5.96. The molecular weight excluding hydrogens is 385 g/mol. The fraction of sp³-hybridized carbons (Fsp3) is 0.600. The third-order valence-electron chi connectivity index (χ3n) is 4.84. The van der Waals surface area contributed by atoms with Gasteiger partial charge in [0.15, 0.2) is 0 Å². The molecule has 0 aromatic heterocycles. The molecule has 28 heavy (non-hydrogen) atoms. The molecule has 6 nitrogen and oxygen atoms in total. The molecular formula is C20H31ClFN3O3. The first-order valence-corrected chi connectivity index (χ1v) is 9.42. The minimum Gasteiger partial charge on any atom is -0.384 e. The lowest BCUT2D eigenvalue weighted by atomic mass is 9.79. The van der Waals surface area contributed by atoms with Gasteiger partial charge in [-0.05, 0) is 50.0 Å². The van der Waals surface area contributed by atoms with E-state index in [2.05, 4.69) is 16.0 Å². The zero-order valence-corrected chi connectivity index (χ0v) is 17.6. The van der Waals surface area contributed by atoms with Crippen LogP contribution in [0.15, 0.2) is 18.2 Å². The highest BCUT2D eigenvalue weighted by Crippen LogP contribution is 2.28. The van der Waals surface area contributed by atoms with Crippen molar-refractivity contribution in [2.24, 2.45) is 11.3 Å². The third-order valence-corrected chi connectivity index (χ3v) is 4.84. The Bertz CT molecular complexity index is 659. The largest absolute Gasteiger partial charge is 0.384 e. The van der Waals surface area contributed by atoms with Crippen LogP contribution in [-0.2, 0) is 9.53 Å². The number of piperidine rings is 1. The molecule has 0 bridgehead atoms. The molecule has 1 saturated heterocycles. The number of hydrogen-bond donors (Lipinski definition) is 3. The summed E-state index contributed by atoms with van der Waals surface area (Å²) in [5.41, 5.74) is 0.223. The van der Waals surface area contributed by atoms with Crippen LogP contribution >= 0.6 is 12.4 Å². The predicted octanol–water partition coefficient (Wildman–Crippen LogP) is 2.98. The van der Waals surface area contributed by atoms with Crippen LogP contribution in [0.4, 0.5) is 10.1 Å². The maximum Gasteiger partial charge on any atom is 0.251 e. The second-order valence-electron chi connectivity index (χ2n) is 7.71. The van der Waals surface area contributed by atoms with Gasteiger partial charge in [-0.3, -0.25) is 9.59 Å². The van der Waals surface area contributed by atoms with Gasteiger partial charge in [0.2, 0.25) is 5.91 Å². The predicted molar refractivity (Wildman–Crippen MR) is 110 cm³/mol. The number of carbonyl (C=O) groups is 2. The number of amides is 2. The number of nitrogens with one attached hydrogen (secondary N) is 3. The van der Waals surface area contributed by atoms with Crippen LogP contribution in [0.1, 0.15) is 43.5 Å². The summed E-state index contributed by atoms with van der Waals surface area (Å²) in [6.07, 6.45) is 2.14. The van der Waals surface area contributed by atoms with Crippen molar-refractivity contribution in [3.63, 3.8) is 0 Å². The molecule has 1 fully saturated rings. The Hall–Kier alpha value is -1.70. The molecule has 1 aliphatic rings. The van der Waals surface area contributed by atoms with Crippen molar-refractivity contribution in [3.05, 3.63) is 29.6 Å². The molecule has 3 N–H and O–H groups in total. The van der Waals surface area contributed by atoms with Crippen molar-refractivity contribution in [1.29, 1.82) is 0 Å². The summed E-state index contributed by atoms with van der Waals surface area (Å²) in [5.74, 6) is -1.00. The smallest absolute Gasteiger partial charge is 0.251 e. The molecule has 158 valence electrons. The summed E-state index contributed by atoms with van der Waals surface area (Å²) in [6, 6.07) is 4.11. The summed E-state index contributed by atoms with van der Waals surface area (Å²) in [6.45, 7) is 6.67. The first kappa shape index (κ1) is 24.3. The van der Waals surface area contributed by atoms with Crippen molar-refractivity contribution in [3.8, 4) is 0 Å². The highest BCUT2D eigenvalue weighted by atomic mass is 35.5. The highest BCUT2D eigenvalue weighted by Gasteiger charge is 2.32. The van der Waals surface area contributed by atoms with E-state index in [1.165, 1.54) is 12.1 Å². The molecule has 0 spiro atoms. The molecule has 2 rings (SSSR count). The number of methoxy groups -OCH3 is 1. The maximum absolute atomic E-state index is 14.3. The molecule has 0 radical (unpaired) electrons. The van der Waals surface area contributed by atoms with E-state index < -0.39 is 5.82 Å².